The third kappa shape index (κ3) is 3.39. The van der Waals surface area contributed by atoms with E-state index < -0.39 is 5.60 Å². The second-order valence-corrected chi connectivity index (χ2v) is 8.95. The molecule has 2 heterocycles. The van der Waals surface area contributed by atoms with Crippen LogP contribution in [0.25, 0.3) is 5.57 Å². The van der Waals surface area contributed by atoms with E-state index in [0.29, 0.717) is 0 Å². The molecule has 5 heteroatoms. The Kier molecular flexibility index (Phi) is 4.55. The maximum Gasteiger partial charge on any atom is 0.244 e. The molecule has 0 bridgehead atoms. The zero-order valence-corrected chi connectivity index (χ0v) is 16.7. The fourth-order valence-corrected chi connectivity index (χ4v) is 4.50. The van der Waals surface area contributed by atoms with Gasteiger partial charge in [0.05, 0.1) is 17.7 Å². The molecule has 4 rings (SSSR count). The van der Waals surface area contributed by atoms with Gasteiger partial charge in [-0.25, -0.2) is 0 Å². The van der Waals surface area contributed by atoms with Crippen molar-refractivity contribution in [3.8, 4) is 5.75 Å². The van der Waals surface area contributed by atoms with Crippen LogP contribution in [0.1, 0.15) is 51.2 Å². The van der Waals surface area contributed by atoms with Crippen LogP contribution in [0, 0.1) is 11.8 Å². The first-order valence-electron chi connectivity index (χ1n) is 9.99. The summed E-state index contributed by atoms with van der Waals surface area (Å²) in [7, 11) is 1.81. The molecule has 3 aliphatic rings. The van der Waals surface area contributed by atoms with Crippen LogP contribution in [-0.2, 0) is 10.4 Å². The van der Waals surface area contributed by atoms with Gasteiger partial charge in [0.1, 0.15) is 5.75 Å². The molecule has 2 unspecified atom stereocenters. The van der Waals surface area contributed by atoms with Crippen molar-refractivity contribution >= 4 is 11.5 Å². The number of ether oxygens (including phenoxy) is 1. The van der Waals surface area contributed by atoms with Crippen molar-refractivity contribution in [3.63, 3.8) is 0 Å². The smallest absolute Gasteiger partial charge is 0.244 e. The number of likely N-dealkylation sites (N-methyl/N-ethyl adjacent to an activating group) is 1. The van der Waals surface area contributed by atoms with Crippen LogP contribution in [0.15, 0.2) is 24.4 Å². The van der Waals surface area contributed by atoms with Crippen molar-refractivity contribution in [2.75, 3.05) is 13.6 Å². The highest BCUT2D eigenvalue weighted by molar-refractivity contribution is 5.91. The summed E-state index contributed by atoms with van der Waals surface area (Å²) in [5, 5.41) is 13.9. The van der Waals surface area contributed by atoms with Crippen molar-refractivity contribution in [1.29, 1.82) is 0 Å². The third-order valence-electron chi connectivity index (χ3n) is 6.19. The van der Waals surface area contributed by atoms with E-state index in [4.69, 9.17) is 4.74 Å². The zero-order chi connectivity index (χ0) is 19.3. The molecule has 2 fully saturated rings. The molecule has 5 nitrogen and oxygen atoms in total. The van der Waals surface area contributed by atoms with Crippen LogP contribution >= 0.6 is 0 Å². The minimum Gasteiger partial charge on any atom is -0.490 e. The molecule has 0 aromatic heterocycles. The predicted octanol–water partition coefficient (Wildman–Crippen LogP) is 2.88. The maximum atomic E-state index is 12.5. The molecule has 1 saturated carbocycles. The number of carbonyl (C=O) groups excluding carboxylic acids is 1. The first kappa shape index (κ1) is 18.5. The number of hydrogen-bond acceptors (Lipinski definition) is 4. The quantitative estimate of drug-likeness (QED) is 0.856. The van der Waals surface area contributed by atoms with Gasteiger partial charge in [0.25, 0.3) is 0 Å². The van der Waals surface area contributed by atoms with Gasteiger partial charge in [0.2, 0.25) is 5.91 Å². The highest BCUT2D eigenvalue weighted by atomic mass is 16.5. The van der Waals surface area contributed by atoms with E-state index in [1.54, 1.807) is 18.7 Å². The molecule has 1 saturated heterocycles. The lowest BCUT2D eigenvalue weighted by Gasteiger charge is -2.36. The fraction of sp³-hybridized carbons (Fsp3) is 0.591. The Hall–Kier alpha value is -1.85. The maximum absolute atomic E-state index is 12.5. The van der Waals surface area contributed by atoms with E-state index in [2.05, 4.69) is 12.2 Å². The van der Waals surface area contributed by atoms with Gasteiger partial charge in [0, 0.05) is 24.7 Å². The van der Waals surface area contributed by atoms with Gasteiger partial charge in [-0.3, -0.25) is 4.79 Å². The Morgan fingerprint density at radius 1 is 1.30 bits per heavy atom. The number of carbonyl (C=O) groups is 1. The Morgan fingerprint density at radius 3 is 2.70 bits per heavy atom. The summed E-state index contributed by atoms with van der Waals surface area (Å²) < 4.78 is 6.34. The number of nitrogens with zero attached hydrogens (tertiary/aromatic N) is 1. The number of rotatable bonds is 4. The normalized spacial score (nSPS) is 30.6. The van der Waals surface area contributed by atoms with Crippen molar-refractivity contribution in [2.24, 2.45) is 11.8 Å². The molecule has 146 valence electrons. The summed E-state index contributed by atoms with van der Waals surface area (Å²) in [6.45, 7) is 6.68. The van der Waals surface area contributed by atoms with Crippen LogP contribution in [0.3, 0.4) is 0 Å². The summed E-state index contributed by atoms with van der Waals surface area (Å²) >= 11 is 0. The third-order valence-corrected chi connectivity index (χ3v) is 6.19. The summed E-state index contributed by atoms with van der Waals surface area (Å²) in [5.74, 6) is 1.85. The van der Waals surface area contributed by atoms with Gasteiger partial charge in [-0.1, -0.05) is 13.0 Å². The van der Waals surface area contributed by atoms with Gasteiger partial charge in [0.15, 0.2) is 0 Å². The molecule has 2 aliphatic heterocycles. The predicted molar refractivity (Wildman–Crippen MR) is 105 cm³/mol. The van der Waals surface area contributed by atoms with E-state index in [-0.39, 0.29) is 24.0 Å². The highest BCUT2D eigenvalue weighted by Crippen LogP contribution is 2.42. The molecule has 1 aromatic rings. The Morgan fingerprint density at radius 2 is 2.04 bits per heavy atom. The summed E-state index contributed by atoms with van der Waals surface area (Å²) in [6.07, 6.45) is 5.31. The van der Waals surface area contributed by atoms with Gasteiger partial charge in [-0.15, -0.1) is 0 Å². The number of benzene rings is 1. The lowest BCUT2D eigenvalue weighted by molar-refractivity contribution is -0.130. The summed E-state index contributed by atoms with van der Waals surface area (Å²) in [5.41, 5.74) is 2.06. The molecule has 0 radical (unpaired) electrons. The van der Waals surface area contributed by atoms with Crippen LogP contribution in [0.5, 0.6) is 5.75 Å². The van der Waals surface area contributed by atoms with Crippen LogP contribution in [0.2, 0.25) is 0 Å². The van der Waals surface area contributed by atoms with Gasteiger partial charge >= 0.3 is 0 Å². The van der Waals surface area contributed by atoms with Crippen LogP contribution in [-0.4, -0.2) is 41.7 Å². The Balaban J connectivity index is 1.76. The number of aliphatic hydroxyl groups is 1. The van der Waals surface area contributed by atoms with Crippen molar-refractivity contribution in [2.45, 2.75) is 57.8 Å². The van der Waals surface area contributed by atoms with Crippen LogP contribution in [0.4, 0.5) is 0 Å². The molecule has 0 spiro atoms. The monoisotopic (exact) mass is 370 g/mol. The van der Waals surface area contributed by atoms with Crippen molar-refractivity contribution in [3.05, 3.63) is 35.5 Å². The standard InChI is InChI=1S/C22H30N2O3/c1-13-9-15(10-13)27-19-6-5-14(22(2,3)26)11-17(19)18-12-24(4)21(25)20-16(18)7-8-23-20/h5-6,11-13,15-16,20,23,26H,7-10H2,1-4H3. The average Bonchev–Trinajstić information content (AvgIpc) is 3.06. The number of fused-ring (bicyclic) bond motifs is 1. The van der Waals surface area contributed by atoms with E-state index in [1.807, 2.05) is 31.4 Å². The second kappa shape index (κ2) is 6.64. The first-order valence-corrected chi connectivity index (χ1v) is 9.99. The molecule has 2 atom stereocenters. The van der Waals surface area contributed by atoms with E-state index in [9.17, 15) is 9.90 Å². The molecule has 1 aromatic carbocycles. The largest absolute Gasteiger partial charge is 0.490 e. The van der Waals surface area contributed by atoms with E-state index in [1.165, 1.54) is 0 Å². The lowest BCUT2D eigenvalue weighted by atomic mass is 9.82. The lowest BCUT2D eigenvalue weighted by Crippen LogP contribution is -2.46. The minimum absolute atomic E-state index is 0.121. The average molecular weight is 370 g/mol. The van der Waals surface area contributed by atoms with E-state index in [0.717, 1.165) is 54.2 Å². The molecular formula is C22H30N2O3. The summed E-state index contributed by atoms with van der Waals surface area (Å²) in [6, 6.07) is 5.81. The zero-order valence-electron chi connectivity index (χ0n) is 16.7. The Bertz CT molecular complexity index is 774. The van der Waals surface area contributed by atoms with Crippen molar-refractivity contribution in [1.82, 2.24) is 10.2 Å². The molecule has 2 N–H and O–H groups in total. The number of nitrogens with one attached hydrogen (secondary N) is 1. The molecule has 1 amide bonds. The van der Waals surface area contributed by atoms with Crippen molar-refractivity contribution < 1.29 is 14.6 Å². The minimum atomic E-state index is -0.928. The highest BCUT2D eigenvalue weighted by Gasteiger charge is 2.41. The SMILES string of the molecule is CC1CC(Oc2ccc(C(C)(C)O)cc2C2=CN(C)C(=O)C3NCCC23)C1. The number of hydrogen-bond donors (Lipinski definition) is 2. The van der Waals surface area contributed by atoms with Gasteiger partial charge in [-0.05, 0) is 68.8 Å². The molecule has 1 aliphatic carbocycles. The molecular weight excluding hydrogens is 340 g/mol. The number of amides is 1. The second-order valence-electron chi connectivity index (χ2n) is 8.95. The van der Waals surface area contributed by atoms with Crippen LogP contribution < -0.4 is 10.1 Å². The topological polar surface area (TPSA) is 61.8 Å². The first-order chi connectivity index (χ1) is 12.7. The Labute approximate surface area is 161 Å². The van der Waals surface area contributed by atoms with E-state index >= 15 is 0 Å². The van der Waals surface area contributed by atoms with Gasteiger partial charge < -0.3 is 20.1 Å². The summed E-state index contributed by atoms with van der Waals surface area (Å²) in [4.78, 5) is 14.2. The molecule has 27 heavy (non-hydrogen) atoms. The fourth-order valence-electron chi connectivity index (χ4n) is 4.50. The van der Waals surface area contributed by atoms with Gasteiger partial charge in [-0.2, -0.15) is 0 Å².